The Hall–Kier alpha value is -2.40. The van der Waals surface area contributed by atoms with Gasteiger partial charge in [0.25, 0.3) is 11.8 Å². The minimum atomic E-state index is -0.281. The fourth-order valence-electron chi connectivity index (χ4n) is 3.26. The standard InChI is InChI=1S/C21H24ClN3O2/c22-16-11-9-15(10-12-16)13-14-23-20(26)18-7-4-8-19(25-18)21(27)24-17-5-2-1-3-6-17/h4,7-12,17H,1-3,5-6,13-14H2,(H,23,26)(H,24,27). The molecule has 1 fully saturated rings. The molecule has 5 nitrogen and oxygen atoms in total. The van der Waals surface area contributed by atoms with Gasteiger partial charge in [0.2, 0.25) is 0 Å². The highest BCUT2D eigenvalue weighted by Gasteiger charge is 2.18. The molecule has 2 aromatic rings. The maximum absolute atomic E-state index is 12.4. The lowest BCUT2D eigenvalue weighted by atomic mass is 9.95. The Labute approximate surface area is 164 Å². The molecule has 0 atom stereocenters. The van der Waals surface area contributed by atoms with Crippen molar-refractivity contribution in [2.24, 2.45) is 0 Å². The SMILES string of the molecule is O=C(NCCc1ccc(Cl)cc1)c1cccc(C(=O)NC2CCCCC2)n1. The van der Waals surface area contributed by atoms with Crippen molar-refractivity contribution in [3.05, 3.63) is 64.4 Å². The summed E-state index contributed by atoms with van der Waals surface area (Å²) in [6.45, 7) is 0.487. The summed E-state index contributed by atoms with van der Waals surface area (Å²) in [5, 5.41) is 6.56. The fourth-order valence-corrected chi connectivity index (χ4v) is 3.38. The van der Waals surface area contributed by atoms with Crippen LogP contribution >= 0.6 is 11.6 Å². The van der Waals surface area contributed by atoms with Gasteiger partial charge in [-0.25, -0.2) is 4.98 Å². The van der Waals surface area contributed by atoms with Gasteiger partial charge in [-0.15, -0.1) is 0 Å². The Balaban J connectivity index is 1.53. The van der Waals surface area contributed by atoms with Crippen LogP contribution in [0.15, 0.2) is 42.5 Å². The van der Waals surface area contributed by atoms with Crippen molar-refractivity contribution in [1.29, 1.82) is 0 Å². The predicted octanol–water partition coefficient (Wildman–Crippen LogP) is 3.77. The first-order chi connectivity index (χ1) is 13.1. The fraction of sp³-hybridized carbons (Fsp3) is 0.381. The number of hydrogen-bond donors (Lipinski definition) is 2. The van der Waals surface area contributed by atoms with Crippen LogP contribution in [-0.4, -0.2) is 29.4 Å². The molecule has 1 aliphatic rings. The van der Waals surface area contributed by atoms with Crippen LogP contribution in [0.1, 0.15) is 58.6 Å². The van der Waals surface area contributed by atoms with E-state index in [1.165, 1.54) is 6.42 Å². The monoisotopic (exact) mass is 385 g/mol. The molecule has 1 aromatic heterocycles. The summed E-state index contributed by atoms with van der Waals surface area (Å²) >= 11 is 5.87. The quantitative estimate of drug-likeness (QED) is 0.795. The average molecular weight is 386 g/mol. The molecule has 6 heteroatoms. The Morgan fingerprint density at radius 2 is 1.63 bits per heavy atom. The normalized spacial score (nSPS) is 14.6. The number of pyridine rings is 1. The van der Waals surface area contributed by atoms with E-state index < -0.39 is 0 Å². The lowest BCUT2D eigenvalue weighted by Gasteiger charge is -2.22. The lowest BCUT2D eigenvalue weighted by molar-refractivity contribution is 0.0922. The van der Waals surface area contributed by atoms with E-state index in [1.807, 2.05) is 24.3 Å². The molecular formula is C21H24ClN3O2. The molecule has 0 aliphatic heterocycles. The number of rotatable bonds is 6. The average Bonchev–Trinajstić information content (AvgIpc) is 2.70. The van der Waals surface area contributed by atoms with E-state index in [0.717, 1.165) is 31.2 Å². The summed E-state index contributed by atoms with van der Waals surface area (Å²) in [5.41, 5.74) is 1.63. The molecule has 0 bridgehead atoms. The smallest absolute Gasteiger partial charge is 0.270 e. The van der Waals surface area contributed by atoms with E-state index in [1.54, 1.807) is 18.2 Å². The van der Waals surface area contributed by atoms with Crippen LogP contribution in [-0.2, 0) is 6.42 Å². The third-order valence-electron chi connectivity index (χ3n) is 4.77. The summed E-state index contributed by atoms with van der Waals surface area (Å²) in [6.07, 6.45) is 6.25. The molecule has 0 saturated heterocycles. The second-order valence-corrected chi connectivity index (χ2v) is 7.29. The van der Waals surface area contributed by atoms with Crippen molar-refractivity contribution >= 4 is 23.4 Å². The van der Waals surface area contributed by atoms with E-state index in [0.29, 0.717) is 18.0 Å². The van der Waals surface area contributed by atoms with Gasteiger partial charge in [0, 0.05) is 17.6 Å². The topological polar surface area (TPSA) is 71.1 Å². The number of benzene rings is 1. The molecule has 2 amide bonds. The van der Waals surface area contributed by atoms with E-state index in [4.69, 9.17) is 11.6 Å². The minimum Gasteiger partial charge on any atom is -0.350 e. The van der Waals surface area contributed by atoms with Crippen LogP contribution in [0, 0.1) is 0 Å². The number of nitrogens with zero attached hydrogens (tertiary/aromatic N) is 1. The van der Waals surface area contributed by atoms with E-state index in [9.17, 15) is 9.59 Å². The zero-order valence-corrected chi connectivity index (χ0v) is 16.0. The zero-order chi connectivity index (χ0) is 19.1. The Morgan fingerprint density at radius 1 is 0.963 bits per heavy atom. The number of hydrogen-bond acceptors (Lipinski definition) is 3. The predicted molar refractivity (Wildman–Crippen MR) is 106 cm³/mol. The summed E-state index contributed by atoms with van der Waals surface area (Å²) < 4.78 is 0. The summed E-state index contributed by atoms with van der Waals surface area (Å²) in [5.74, 6) is -0.492. The van der Waals surface area contributed by atoms with E-state index >= 15 is 0 Å². The summed E-state index contributed by atoms with van der Waals surface area (Å²) in [6, 6.07) is 12.7. The van der Waals surface area contributed by atoms with Gasteiger partial charge >= 0.3 is 0 Å². The van der Waals surface area contributed by atoms with Gasteiger partial charge in [-0.05, 0) is 49.1 Å². The van der Waals surface area contributed by atoms with Crippen molar-refractivity contribution in [2.45, 2.75) is 44.6 Å². The van der Waals surface area contributed by atoms with Gasteiger partial charge < -0.3 is 10.6 Å². The van der Waals surface area contributed by atoms with Crippen molar-refractivity contribution in [1.82, 2.24) is 15.6 Å². The number of amides is 2. The molecular weight excluding hydrogens is 362 g/mol. The van der Waals surface area contributed by atoms with Gasteiger partial charge in [0.15, 0.2) is 0 Å². The summed E-state index contributed by atoms with van der Waals surface area (Å²) in [4.78, 5) is 29.0. The highest BCUT2D eigenvalue weighted by atomic mass is 35.5. The van der Waals surface area contributed by atoms with Gasteiger partial charge in [0.05, 0.1) is 0 Å². The van der Waals surface area contributed by atoms with Gasteiger partial charge in [-0.3, -0.25) is 9.59 Å². The highest BCUT2D eigenvalue weighted by molar-refractivity contribution is 6.30. The van der Waals surface area contributed by atoms with Crippen LogP contribution in [0.4, 0.5) is 0 Å². The number of carbonyl (C=O) groups is 2. The zero-order valence-electron chi connectivity index (χ0n) is 15.2. The van der Waals surface area contributed by atoms with Crippen LogP contribution in [0.2, 0.25) is 5.02 Å². The third kappa shape index (κ3) is 5.79. The second-order valence-electron chi connectivity index (χ2n) is 6.85. The maximum atomic E-state index is 12.4. The van der Waals surface area contributed by atoms with Gasteiger partial charge in [-0.2, -0.15) is 0 Å². The molecule has 142 valence electrons. The number of nitrogens with one attached hydrogen (secondary N) is 2. The molecule has 1 saturated carbocycles. The molecule has 27 heavy (non-hydrogen) atoms. The number of aromatic nitrogens is 1. The molecule has 0 radical (unpaired) electrons. The van der Waals surface area contributed by atoms with Crippen LogP contribution in [0.3, 0.4) is 0 Å². The molecule has 2 N–H and O–H groups in total. The largest absolute Gasteiger partial charge is 0.350 e. The number of halogens is 1. The first kappa shape index (κ1) is 19.4. The highest BCUT2D eigenvalue weighted by Crippen LogP contribution is 2.17. The van der Waals surface area contributed by atoms with Crippen molar-refractivity contribution in [3.63, 3.8) is 0 Å². The van der Waals surface area contributed by atoms with Gasteiger partial charge in [0.1, 0.15) is 11.4 Å². The molecule has 0 unspecified atom stereocenters. The van der Waals surface area contributed by atoms with Crippen molar-refractivity contribution in [2.75, 3.05) is 6.54 Å². The third-order valence-corrected chi connectivity index (χ3v) is 5.02. The molecule has 1 aliphatic carbocycles. The Kier molecular flexibility index (Phi) is 6.82. The first-order valence-electron chi connectivity index (χ1n) is 9.42. The molecule has 3 rings (SSSR count). The van der Waals surface area contributed by atoms with E-state index in [2.05, 4.69) is 15.6 Å². The number of carbonyl (C=O) groups excluding carboxylic acids is 2. The molecule has 0 spiro atoms. The van der Waals surface area contributed by atoms with Crippen LogP contribution < -0.4 is 10.6 Å². The minimum absolute atomic E-state index is 0.210. The Morgan fingerprint density at radius 3 is 2.33 bits per heavy atom. The van der Waals surface area contributed by atoms with Crippen molar-refractivity contribution in [3.8, 4) is 0 Å². The first-order valence-corrected chi connectivity index (χ1v) is 9.80. The van der Waals surface area contributed by atoms with Crippen molar-refractivity contribution < 1.29 is 9.59 Å². The molecule has 1 heterocycles. The van der Waals surface area contributed by atoms with Crippen LogP contribution in [0.25, 0.3) is 0 Å². The van der Waals surface area contributed by atoms with Crippen LogP contribution in [0.5, 0.6) is 0 Å². The second kappa shape index (κ2) is 9.51. The summed E-state index contributed by atoms with van der Waals surface area (Å²) in [7, 11) is 0. The Bertz CT molecular complexity index is 786. The van der Waals surface area contributed by atoms with E-state index in [-0.39, 0.29) is 29.2 Å². The van der Waals surface area contributed by atoms with Gasteiger partial charge in [-0.1, -0.05) is 49.1 Å². The molecule has 1 aromatic carbocycles. The lowest BCUT2D eigenvalue weighted by Crippen LogP contribution is -2.37. The maximum Gasteiger partial charge on any atom is 0.270 e.